The number of amides is 1. The molecule has 0 aliphatic heterocycles. The van der Waals surface area contributed by atoms with E-state index in [1.165, 1.54) is 18.2 Å². The minimum atomic E-state index is -0.594. The highest BCUT2D eigenvalue weighted by Gasteiger charge is 2.28. The predicted octanol–water partition coefficient (Wildman–Crippen LogP) is 2.14. The van der Waals surface area contributed by atoms with E-state index in [0.29, 0.717) is 0 Å². The summed E-state index contributed by atoms with van der Waals surface area (Å²) in [5.74, 6) is -0.250. The molecule has 0 saturated heterocycles. The van der Waals surface area contributed by atoms with Crippen molar-refractivity contribution in [2.24, 2.45) is 5.92 Å². The molecule has 1 aromatic carbocycles. The van der Waals surface area contributed by atoms with Crippen molar-refractivity contribution in [1.82, 2.24) is 5.32 Å². The van der Waals surface area contributed by atoms with Gasteiger partial charge in [-0.05, 0) is 25.0 Å². The van der Waals surface area contributed by atoms with Crippen LogP contribution in [0, 0.1) is 16.0 Å². The van der Waals surface area contributed by atoms with Gasteiger partial charge in [0.05, 0.1) is 4.92 Å². The number of nitro groups is 1. The summed E-state index contributed by atoms with van der Waals surface area (Å²) in [7, 11) is 0. The normalized spacial score (nSPS) is 21.7. The molecule has 0 radical (unpaired) electrons. The van der Waals surface area contributed by atoms with Gasteiger partial charge < -0.3 is 10.4 Å². The Morgan fingerprint density at radius 1 is 1.50 bits per heavy atom. The number of nitrogens with zero attached hydrogens (tertiary/aromatic N) is 1. The molecule has 2 atom stereocenters. The Kier molecular flexibility index (Phi) is 4.57. The fourth-order valence-corrected chi connectivity index (χ4v) is 2.74. The summed E-state index contributed by atoms with van der Waals surface area (Å²) in [5.41, 5.74) is 0.0570. The van der Waals surface area contributed by atoms with Crippen LogP contribution in [0.4, 0.5) is 5.69 Å². The number of nitro benzene ring substituents is 1. The molecule has 7 heteroatoms. The van der Waals surface area contributed by atoms with Gasteiger partial charge in [-0.1, -0.05) is 18.0 Å². The van der Waals surface area contributed by atoms with E-state index >= 15 is 0 Å². The lowest BCUT2D eigenvalue weighted by molar-refractivity contribution is -0.384. The number of halogens is 1. The zero-order valence-corrected chi connectivity index (χ0v) is 11.5. The quantitative estimate of drug-likeness (QED) is 0.658. The van der Waals surface area contributed by atoms with Crippen LogP contribution in [-0.4, -0.2) is 28.6 Å². The van der Waals surface area contributed by atoms with Crippen LogP contribution in [0.1, 0.15) is 29.6 Å². The Morgan fingerprint density at radius 2 is 2.25 bits per heavy atom. The standard InChI is InChI=1S/C13H15ClN2O4/c14-10-6-8(4-5-12(10)16(19)20)13(18)15-11-3-1-2-9(11)7-17/h4-6,9,11,17H,1-3,7H2,(H,15,18)/t9-,11-/m0/s1. The van der Waals surface area contributed by atoms with Gasteiger partial charge in [-0.15, -0.1) is 0 Å². The van der Waals surface area contributed by atoms with Crippen LogP contribution in [0.3, 0.4) is 0 Å². The molecule has 0 aromatic heterocycles. The van der Waals surface area contributed by atoms with Crippen molar-refractivity contribution in [2.75, 3.05) is 6.61 Å². The first kappa shape index (κ1) is 14.7. The molecule has 108 valence electrons. The van der Waals surface area contributed by atoms with Crippen molar-refractivity contribution in [3.63, 3.8) is 0 Å². The number of nitrogens with one attached hydrogen (secondary N) is 1. The number of hydrogen-bond donors (Lipinski definition) is 2. The molecule has 2 N–H and O–H groups in total. The summed E-state index contributed by atoms with van der Waals surface area (Å²) in [6, 6.07) is 3.83. The summed E-state index contributed by atoms with van der Waals surface area (Å²) < 4.78 is 0. The fourth-order valence-electron chi connectivity index (χ4n) is 2.49. The second kappa shape index (κ2) is 6.19. The van der Waals surface area contributed by atoms with Gasteiger partial charge in [0.2, 0.25) is 0 Å². The maximum Gasteiger partial charge on any atom is 0.287 e. The van der Waals surface area contributed by atoms with Gasteiger partial charge in [0.25, 0.3) is 11.6 Å². The lowest BCUT2D eigenvalue weighted by Crippen LogP contribution is -2.38. The minimum Gasteiger partial charge on any atom is -0.396 e. The molecule has 1 aromatic rings. The molecule has 1 aliphatic carbocycles. The third-order valence-electron chi connectivity index (χ3n) is 3.62. The summed E-state index contributed by atoms with van der Waals surface area (Å²) in [6.45, 7) is 0.0476. The molecule has 1 amide bonds. The molecule has 1 fully saturated rings. The number of hydrogen-bond acceptors (Lipinski definition) is 4. The van der Waals surface area contributed by atoms with Gasteiger partial charge >= 0.3 is 0 Å². The zero-order valence-electron chi connectivity index (χ0n) is 10.7. The maximum absolute atomic E-state index is 12.1. The molecule has 2 rings (SSSR count). The number of aliphatic hydroxyl groups excluding tert-OH is 1. The summed E-state index contributed by atoms with van der Waals surface area (Å²) in [6.07, 6.45) is 2.69. The summed E-state index contributed by atoms with van der Waals surface area (Å²) in [4.78, 5) is 22.1. The van der Waals surface area contributed by atoms with Gasteiger partial charge in [0, 0.05) is 30.2 Å². The van der Waals surface area contributed by atoms with Crippen molar-refractivity contribution in [3.05, 3.63) is 38.9 Å². The van der Waals surface area contributed by atoms with E-state index in [9.17, 15) is 20.0 Å². The Labute approximate surface area is 120 Å². The molecule has 20 heavy (non-hydrogen) atoms. The van der Waals surface area contributed by atoms with Crippen LogP contribution < -0.4 is 5.32 Å². The van der Waals surface area contributed by atoms with Gasteiger partial charge in [-0.25, -0.2) is 0 Å². The number of carbonyl (C=O) groups excluding carboxylic acids is 1. The third-order valence-corrected chi connectivity index (χ3v) is 3.92. The monoisotopic (exact) mass is 298 g/mol. The van der Waals surface area contributed by atoms with E-state index in [2.05, 4.69) is 5.32 Å². The van der Waals surface area contributed by atoms with Crippen LogP contribution in [-0.2, 0) is 0 Å². The highest BCUT2D eigenvalue weighted by molar-refractivity contribution is 6.33. The molecule has 1 saturated carbocycles. The molecule has 0 bridgehead atoms. The van der Waals surface area contributed by atoms with E-state index in [1.807, 2.05) is 0 Å². The second-order valence-electron chi connectivity index (χ2n) is 4.88. The number of rotatable bonds is 4. The van der Waals surface area contributed by atoms with Crippen molar-refractivity contribution in [1.29, 1.82) is 0 Å². The van der Waals surface area contributed by atoms with Gasteiger partial charge in [-0.2, -0.15) is 0 Å². The maximum atomic E-state index is 12.1. The first-order chi connectivity index (χ1) is 9.52. The molecule has 0 spiro atoms. The lowest BCUT2D eigenvalue weighted by Gasteiger charge is -2.19. The van der Waals surface area contributed by atoms with Crippen LogP contribution in [0.25, 0.3) is 0 Å². The summed E-state index contributed by atoms with van der Waals surface area (Å²) in [5, 5.41) is 22.7. The zero-order chi connectivity index (χ0) is 14.7. The number of aliphatic hydroxyl groups is 1. The number of carbonyl (C=O) groups is 1. The SMILES string of the molecule is O=C(N[C@H]1CCC[C@H]1CO)c1ccc([N+](=O)[O-])c(Cl)c1. The summed E-state index contributed by atoms with van der Waals surface area (Å²) >= 11 is 5.78. The molecule has 0 heterocycles. The second-order valence-corrected chi connectivity index (χ2v) is 5.28. The van der Waals surface area contributed by atoms with Crippen LogP contribution in [0.2, 0.25) is 5.02 Å². The first-order valence-corrected chi connectivity index (χ1v) is 6.76. The van der Waals surface area contributed by atoms with Crippen molar-refractivity contribution in [2.45, 2.75) is 25.3 Å². The molecule has 6 nitrogen and oxygen atoms in total. The Balaban J connectivity index is 2.10. The first-order valence-electron chi connectivity index (χ1n) is 6.38. The van der Waals surface area contributed by atoms with E-state index in [4.69, 9.17) is 11.6 Å². The van der Waals surface area contributed by atoms with E-state index < -0.39 is 4.92 Å². The van der Waals surface area contributed by atoms with Gasteiger partial charge in [0.15, 0.2) is 0 Å². The Bertz CT molecular complexity index is 535. The molecular weight excluding hydrogens is 284 g/mol. The molecule has 1 aliphatic rings. The largest absolute Gasteiger partial charge is 0.396 e. The van der Waals surface area contributed by atoms with E-state index in [0.717, 1.165) is 19.3 Å². The lowest BCUT2D eigenvalue weighted by atomic mass is 10.0. The van der Waals surface area contributed by atoms with Crippen LogP contribution in [0.15, 0.2) is 18.2 Å². The smallest absolute Gasteiger partial charge is 0.287 e. The Morgan fingerprint density at radius 3 is 2.85 bits per heavy atom. The fraction of sp³-hybridized carbons (Fsp3) is 0.462. The minimum absolute atomic E-state index is 0.0476. The average Bonchev–Trinajstić information content (AvgIpc) is 2.85. The average molecular weight is 299 g/mol. The van der Waals surface area contributed by atoms with Crippen molar-refractivity contribution >= 4 is 23.2 Å². The van der Waals surface area contributed by atoms with Crippen LogP contribution in [0.5, 0.6) is 0 Å². The van der Waals surface area contributed by atoms with Gasteiger partial charge in [-0.3, -0.25) is 14.9 Å². The topological polar surface area (TPSA) is 92.5 Å². The Hall–Kier alpha value is -1.66. The third kappa shape index (κ3) is 3.08. The van der Waals surface area contributed by atoms with Crippen molar-refractivity contribution < 1.29 is 14.8 Å². The van der Waals surface area contributed by atoms with E-state index in [1.54, 1.807) is 0 Å². The molecular formula is C13H15ClN2O4. The van der Waals surface area contributed by atoms with E-state index in [-0.39, 0.29) is 40.7 Å². The predicted molar refractivity (Wildman–Crippen MR) is 73.8 cm³/mol. The van der Waals surface area contributed by atoms with Crippen molar-refractivity contribution in [3.8, 4) is 0 Å². The molecule has 0 unspecified atom stereocenters. The van der Waals surface area contributed by atoms with Gasteiger partial charge in [0.1, 0.15) is 5.02 Å². The van der Waals surface area contributed by atoms with Crippen LogP contribution >= 0.6 is 11.6 Å². The number of benzene rings is 1. The highest BCUT2D eigenvalue weighted by Crippen LogP contribution is 2.27. The highest BCUT2D eigenvalue weighted by atomic mass is 35.5.